The lowest BCUT2D eigenvalue weighted by Crippen LogP contribution is -2.18. The van der Waals surface area contributed by atoms with E-state index in [-0.39, 0.29) is 6.04 Å². The van der Waals surface area contributed by atoms with E-state index in [0.717, 1.165) is 6.42 Å². The first kappa shape index (κ1) is 11.3. The first-order valence-electron chi connectivity index (χ1n) is 5.25. The molecule has 0 bridgehead atoms. The van der Waals surface area contributed by atoms with E-state index < -0.39 is 0 Å². The Kier molecular flexibility index (Phi) is 3.33. The highest BCUT2D eigenvalue weighted by Crippen LogP contribution is 2.21. The zero-order valence-electron chi connectivity index (χ0n) is 9.94. The van der Waals surface area contributed by atoms with Gasteiger partial charge in [-0.05, 0) is 68.9 Å². The van der Waals surface area contributed by atoms with Crippen molar-refractivity contribution >= 4 is 0 Å². The van der Waals surface area contributed by atoms with Crippen molar-refractivity contribution in [2.24, 2.45) is 5.73 Å². The normalized spacial score (nSPS) is 13.0. The molecule has 2 N–H and O–H groups in total. The largest absolute Gasteiger partial charge is 0.328 e. The second-order valence-corrected chi connectivity index (χ2v) is 4.41. The summed E-state index contributed by atoms with van der Waals surface area (Å²) in [6.45, 7) is 10.8. The zero-order valence-corrected chi connectivity index (χ0v) is 9.94. The van der Waals surface area contributed by atoms with Gasteiger partial charge in [0.15, 0.2) is 0 Å². The number of hydrogen-bond acceptors (Lipinski definition) is 1. The van der Waals surface area contributed by atoms with E-state index in [1.807, 2.05) is 0 Å². The van der Waals surface area contributed by atoms with Crippen molar-refractivity contribution in [2.45, 2.75) is 47.1 Å². The van der Waals surface area contributed by atoms with Crippen LogP contribution in [0.5, 0.6) is 0 Å². The number of benzene rings is 1. The van der Waals surface area contributed by atoms with Crippen molar-refractivity contribution in [2.75, 3.05) is 0 Å². The molecule has 0 fully saturated rings. The molecule has 0 heterocycles. The number of aryl methyl sites for hydroxylation is 1. The van der Waals surface area contributed by atoms with Gasteiger partial charge in [-0.15, -0.1) is 0 Å². The minimum absolute atomic E-state index is 0.246. The van der Waals surface area contributed by atoms with Crippen LogP contribution in [0.15, 0.2) is 6.07 Å². The van der Waals surface area contributed by atoms with Gasteiger partial charge in [0.05, 0.1) is 0 Å². The van der Waals surface area contributed by atoms with Crippen molar-refractivity contribution < 1.29 is 0 Å². The van der Waals surface area contributed by atoms with Gasteiger partial charge < -0.3 is 5.73 Å². The van der Waals surface area contributed by atoms with Crippen LogP contribution in [-0.4, -0.2) is 6.04 Å². The summed E-state index contributed by atoms with van der Waals surface area (Å²) >= 11 is 0. The Balaban J connectivity index is 3.19. The van der Waals surface area contributed by atoms with Crippen LogP contribution in [0, 0.1) is 27.7 Å². The van der Waals surface area contributed by atoms with Crippen molar-refractivity contribution in [1.82, 2.24) is 0 Å². The second-order valence-electron chi connectivity index (χ2n) is 4.41. The smallest absolute Gasteiger partial charge is 0.00510 e. The average Bonchev–Trinajstić information content (AvgIpc) is 2.10. The lowest BCUT2D eigenvalue weighted by atomic mass is 9.92. The maximum atomic E-state index is 5.83. The Morgan fingerprint density at radius 2 is 1.64 bits per heavy atom. The van der Waals surface area contributed by atoms with Crippen LogP contribution in [0.3, 0.4) is 0 Å². The zero-order chi connectivity index (χ0) is 10.9. The Bertz CT molecular complexity index is 338. The third-order valence-corrected chi connectivity index (χ3v) is 3.13. The first-order valence-corrected chi connectivity index (χ1v) is 5.25. The lowest BCUT2D eigenvalue weighted by molar-refractivity contribution is 0.733. The quantitative estimate of drug-likeness (QED) is 0.764. The summed E-state index contributed by atoms with van der Waals surface area (Å²) in [6, 6.07) is 2.52. The Hall–Kier alpha value is -0.820. The highest BCUT2D eigenvalue weighted by molar-refractivity contribution is 5.43. The molecular formula is C13H21N. The molecule has 1 heteroatoms. The van der Waals surface area contributed by atoms with Gasteiger partial charge in [-0.1, -0.05) is 6.07 Å². The van der Waals surface area contributed by atoms with E-state index in [9.17, 15) is 0 Å². The van der Waals surface area contributed by atoms with Gasteiger partial charge in [0.25, 0.3) is 0 Å². The first-order chi connectivity index (χ1) is 6.43. The maximum Gasteiger partial charge on any atom is 0.00510 e. The van der Waals surface area contributed by atoms with Crippen LogP contribution < -0.4 is 5.73 Å². The van der Waals surface area contributed by atoms with Crippen molar-refractivity contribution in [3.63, 3.8) is 0 Å². The molecule has 0 aliphatic rings. The van der Waals surface area contributed by atoms with Gasteiger partial charge in [0.1, 0.15) is 0 Å². The molecule has 1 aromatic carbocycles. The van der Waals surface area contributed by atoms with Gasteiger partial charge in [-0.3, -0.25) is 0 Å². The van der Waals surface area contributed by atoms with Crippen LogP contribution in [0.25, 0.3) is 0 Å². The van der Waals surface area contributed by atoms with Gasteiger partial charge in [0.2, 0.25) is 0 Å². The summed E-state index contributed by atoms with van der Waals surface area (Å²) in [6.07, 6.45) is 0.980. The molecule has 1 aromatic rings. The Labute approximate surface area is 87.3 Å². The summed E-state index contributed by atoms with van der Waals surface area (Å²) in [5.41, 5.74) is 12.9. The number of rotatable bonds is 2. The molecule has 0 saturated carbocycles. The third-order valence-electron chi connectivity index (χ3n) is 3.13. The Morgan fingerprint density at radius 1 is 1.07 bits per heavy atom. The molecule has 0 amide bonds. The van der Waals surface area contributed by atoms with Gasteiger partial charge >= 0.3 is 0 Å². The molecule has 1 nitrogen and oxygen atoms in total. The van der Waals surface area contributed by atoms with E-state index in [2.05, 4.69) is 40.7 Å². The monoisotopic (exact) mass is 191 g/mol. The fraction of sp³-hybridized carbons (Fsp3) is 0.538. The molecule has 0 aliphatic carbocycles. The third kappa shape index (κ3) is 2.16. The highest BCUT2D eigenvalue weighted by Gasteiger charge is 2.08. The predicted octanol–water partition coefficient (Wildman–Crippen LogP) is 2.81. The lowest BCUT2D eigenvalue weighted by Gasteiger charge is -2.15. The van der Waals surface area contributed by atoms with Gasteiger partial charge in [0, 0.05) is 6.04 Å². The van der Waals surface area contributed by atoms with Gasteiger partial charge in [-0.25, -0.2) is 0 Å². The topological polar surface area (TPSA) is 26.0 Å². The molecule has 1 rings (SSSR count). The van der Waals surface area contributed by atoms with Crippen molar-refractivity contribution in [1.29, 1.82) is 0 Å². The summed E-state index contributed by atoms with van der Waals surface area (Å²) < 4.78 is 0. The van der Waals surface area contributed by atoms with Crippen molar-refractivity contribution in [3.8, 4) is 0 Å². The van der Waals surface area contributed by atoms with E-state index in [4.69, 9.17) is 5.73 Å². The van der Waals surface area contributed by atoms with E-state index in [1.165, 1.54) is 27.8 Å². The van der Waals surface area contributed by atoms with E-state index in [0.29, 0.717) is 0 Å². The molecule has 1 unspecified atom stereocenters. The molecule has 14 heavy (non-hydrogen) atoms. The predicted molar refractivity (Wildman–Crippen MR) is 62.7 cm³/mol. The van der Waals surface area contributed by atoms with E-state index >= 15 is 0 Å². The molecule has 0 spiro atoms. The van der Waals surface area contributed by atoms with Crippen LogP contribution in [0.2, 0.25) is 0 Å². The molecule has 1 atom stereocenters. The van der Waals surface area contributed by atoms with Crippen molar-refractivity contribution in [3.05, 3.63) is 33.9 Å². The Morgan fingerprint density at radius 3 is 2.14 bits per heavy atom. The minimum Gasteiger partial charge on any atom is -0.328 e. The van der Waals surface area contributed by atoms with Crippen LogP contribution in [-0.2, 0) is 6.42 Å². The second kappa shape index (κ2) is 4.14. The number of hydrogen-bond donors (Lipinski definition) is 1. The molecule has 78 valence electrons. The van der Waals surface area contributed by atoms with Crippen LogP contribution in [0.1, 0.15) is 34.7 Å². The molecular weight excluding hydrogens is 170 g/mol. The molecule has 0 saturated heterocycles. The summed E-state index contributed by atoms with van der Waals surface area (Å²) in [5.74, 6) is 0. The summed E-state index contributed by atoms with van der Waals surface area (Å²) in [7, 11) is 0. The minimum atomic E-state index is 0.246. The van der Waals surface area contributed by atoms with E-state index in [1.54, 1.807) is 0 Å². The SMILES string of the molecule is Cc1cc(CC(C)N)c(C)c(C)c1C. The van der Waals surface area contributed by atoms with Crippen LogP contribution >= 0.6 is 0 Å². The van der Waals surface area contributed by atoms with Crippen LogP contribution in [0.4, 0.5) is 0 Å². The summed E-state index contributed by atoms with van der Waals surface area (Å²) in [4.78, 5) is 0. The molecule has 0 radical (unpaired) electrons. The standard InChI is InChI=1S/C13H21N/c1-8-6-13(7-9(2)14)12(5)11(4)10(8)3/h6,9H,7,14H2,1-5H3. The van der Waals surface area contributed by atoms with Gasteiger partial charge in [-0.2, -0.15) is 0 Å². The maximum absolute atomic E-state index is 5.83. The summed E-state index contributed by atoms with van der Waals surface area (Å²) in [5, 5.41) is 0. The average molecular weight is 191 g/mol. The fourth-order valence-electron chi connectivity index (χ4n) is 1.85. The molecule has 0 aliphatic heterocycles. The highest BCUT2D eigenvalue weighted by atomic mass is 14.6. The molecule has 0 aromatic heterocycles. The fourth-order valence-corrected chi connectivity index (χ4v) is 1.85. The number of nitrogens with two attached hydrogens (primary N) is 1.